The average Bonchev–Trinajstić information content (AvgIpc) is 2.82. The Morgan fingerprint density at radius 3 is 2.53 bits per heavy atom. The van der Waals surface area contributed by atoms with Crippen LogP contribution >= 0.6 is 0 Å². The first kappa shape index (κ1) is 26.0. The number of piperidine rings is 1. The number of carbonyl (C=O) groups excluding carboxylic acids is 1. The molecule has 1 N–H and O–H groups in total. The van der Waals surface area contributed by atoms with Crippen molar-refractivity contribution < 1.29 is 17.9 Å². The maximum absolute atomic E-state index is 12.7. The van der Waals surface area contributed by atoms with Crippen molar-refractivity contribution in [2.24, 2.45) is 5.92 Å². The molecule has 8 heteroatoms. The summed E-state index contributed by atoms with van der Waals surface area (Å²) in [4.78, 5) is 15.3. The van der Waals surface area contributed by atoms with Crippen molar-refractivity contribution in [2.45, 2.75) is 50.5 Å². The van der Waals surface area contributed by atoms with Gasteiger partial charge in [-0.15, -0.1) is 0 Å². The third-order valence-electron chi connectivity index (χ3n) is 6.44. The van der Waals surface area contributed by atoms with E-state index < -0.39 is 10.0 Å². The van der Waals surface area contributed by atoms with Crippen molar-refractivity contribution in [3.8, 4) is 5.75 Å². The average molecular weight is 488 g/mol. The predicted octanol–water partition coefficient (Wildman–Crippen LogP) is 3.99. The first-order valence-electron chi connectivity index (χ1n) is 11.9. The largest absolute Gasteiger partial charge is 0.496 e. The maximum atomic E-state index is 12.7. The molecule has 2 aromatic rings. The van der Waals surface area contributed by atoms with E-state index in [0.717, 1.165) is 18.7 Å². The zero-order valence-electron chi connectivity index (χ0n) is 20.9. The lowest BCUT2D eigenvalue weighted by molar-refractivity contribution is -0.121. The van der Waals surface area contributed by atoms with Crippen LogP contribution in [0.2, 0.25) is 0 Å². The summed E-state index contributed by atoms with van der Waals surface area (Å²) in [5.74, 6) is 1.19. The Morgan fingerprint density at radius 2 is 1.91 bits per heavy atom. The minimum Gasteiger partial charge on any atom is -0.496 e. The van der Waals surface area contributed by atoms with Crippen LogP contribution < -0.4 is 15.0 Å². The third-order valence-corrected chi connectivity index (χ3v) is 8.26. The van der Waals surface area contributed by atoms with Crippen LogP contribution in [0.1, 0.15) is 50.3 Å². The van der Waals surface area contributed by atoms with E-state index in [1.54, 1.807) is 12.1 Å². The zero-order valence-corrected chi connectivity index (χ0v) is 21.7. The highest BCUT2D eigenvalue weighted by Gasteiger charge is 2.20. The summed E-state index contributed by atoms with van der Waals surface area (Å²) < 4.78 is 31.5. The summed E-state index contributed by atoms with van der Waals surface area (Å²) in [6, 6.07) is 13.1. The Kier molecular flexibility index (Phi) is 8.60. The molecule has 3 rings (SSSR count). The molecule has 2 atom stereocenters. The molecule has 186 valence electrons. The third kappa shape index (κ3) is 6.30. The van der Waals surface area contributed by atoms with E-state index in [4.69, 9.17) is 4.74 Å². The second-order valence-electron chi connectivity index (χ2n) is 9.34. The molecule has 34 heavy (non-hydrogen) atoms. The van der Waals surface area contributed by atoms with Gasteiger partial charge in [0.25, 0.3) is 0 Å². The molecule has 1 amide bonds. The summed E-state index contributed by atoms with van der Waals surface area (Å²) in [5, 5.41) is 3.05. The molecular weight excluding hydrogens is 450 g/mol. The number of sulfonamides is 1. The van der Waals surface area contributed by atoms with Crippen LogP contribution in [-0.4, -0.2) is 52.9 Å². The van der Waals surface area contributed by atoms with Crippen molar-refractivity contribution in [1.29, 1.82) is 0 Å². The molecule has 0 spiro atoms. The van der Waals surface area contributed by atoms with Gasteiger partial charge in [0.05, 0.1) is 18.0 Å². The second kappa shape index (κ2) is 11.2. The lowest BCUT2D eigenvalue weighted by Crippen LogP contribution is -2.34. The zero-order chi connectivity index (χ0) is 24.9. The monoisotopic (exact) mass is 487 g/mol. The van der Waals surface area contributed by atoms with E-state index in [9.17, 15) is 13.2 Å². The van der Waals surface area contributed by atoms with Gasteiger partial charge < -0.3 is 15.0 Å². The van der Waals surface area contributed by atoms with Gasteiger partial charge in [-0.2, -0.15) is 0 Å². The molecule has 1 aliphatic rings. The summed E-state index contributed by atoms with van der Waals surface area (Å²) in [5.41, 5.74) is 2.97. The van der Waals surface area contributed by atoms with E-state index in [0.29, 0.717) is 23.7 Å². The Labute approximate surface area is 204 Å². The number of benzene rings is 2. The number of aryl methyl sites for hydroxylation is 1. The molecule has 0 radical (unpaired) electrons. The van der Waals surface area contributed by atoms with Gasteiger partial charge in [0.2, 0.25) is 15.9 Å². The number of carbonyl (C=O) groups is 1. The van der Waals surface area contributed by atoms with E-state index in [2.05, 4.69) is 41.4 Å². The number of ether oxygens (including phenoxy) is 1. The number of methoxy groups -OCH3 is 1. The van der Waals surface area contributed by atoms with Crippen LogP contribution in [0.15, 0.2) is 47.4 Å². The smallest absolute Gasteiger partial charge is 0.242 e. The van der Waals surface area contributed by atoms with Gasteiger partial charge in [-0.3, -0.25) is 4.79 Å². The maximum Gasteiger partial charge on any atom is 0.242 e. The first-order valence-corrected chi connectivity index (χ1v) is 13.3. The van der Waals surface area contributed by atoms with Crippen LogP contribution in [0.5, 0.6) is 5.75 Å². The quantitative estimate of drug-likeness (QED) is 0.579. The van der Waals surface area contributed by atoms with Crippen LogP contribution in [0.25, 0.3) is 0 Å². The number of nitrogens with one attached hydrogen (secondary N) is 1. The summed E-state index contributed by atoms with van der Waals surface area (Å²) in [6.45, 7) is 6.45. The number of hydrogen-bond donors (Lipinski definition) is 1. The fraction of sp³-hybridized carbons (Fsp3) is 0.500. The topological polar surface area (TPSA) is 79.0 Å². The van der Waals surface area contributed by atoms with Crippen molar-refractivity contribution >= 4 is 21.6 Å². The Bertz CT molecular complexity index is 1080. The van der Waals surface area contributed by atoms with Crippen LogP contribution in [-0.2, 0) is 21.2 Å². The molecule has 1 fully saturated rings. The standard InChI is InChI=1S/C26H37N3O4S/c1-19-7-6-16-29(18-19)23-11-8-21(9-12-23)20(2)27-26(30)15-10-22-17-24(13-14-25(22)33-5)34(31,32)28(3)4/h8-9,11-14,17,19-20H,6-7,10,15-16,18H2,1-5H3,(H,27,30). The Hall–Kier alpha value is -2.58. The van der Waals surface area contributed by atoms with Crippen molar-refractivity contribution in [3.63, 3.8) is 0 Å². The molecule has 0 bridgehead atoms. The van der Waals surface area contributed by atoms with E-state index in [-0.39, 0.29) is 23.3 Å². The lowest BCUT2D eigenvalue weighted by Gasteiger charge is -2.33. The lowest BCUT2D eigenvalue weighted by atomic mass is 9.99. The minimum absolute atomic E-state index is 0.0932. The molecule has 0 aliphatic carbocycles. The van der Waals surface area contributed by atoms with Gasteiger partial charge in [-0.25, -0.2) is 12.7 Å². The number of hydrogen-bond acceptors (Lipinski definition) is 5. The molecule has 2 unspecified atom stereocenters. The van der Waals surface area contributed by atoms with Crippen molar-refractivity contribution in [2.75, 3.05) is 39.2 Å². The Balaban J connectivity index is 1.60. The van der Waals surface area contributed by atoms with Crippen LogP contribution in [0.3, 0.4) is 0 Å². The highest BCUT2D eigenvalue weighted by molar-refractivity contribution is 7.89. The van der Waals surface area contributed by atoms with Gasteiger partial charge in [-0.05, 0) is 73.6 Å². The highest BCUT2D eigenvalue weighted by atomic mass is 32.2. The van der Waals surface area contributed by atoms with Gasteiger partial charge in [0, 0.05) is 39.3 Å². The molecule has 0 aromatic heterocycles. The molecule has 1 aliphatic heterocycles. The molecular formula is C26H37N3O4S. The molecule has 1 heterocycles. The summed E-state index contributed by atoms with van der Waals surface area (Å²) in [6.07, 6.45) is 3.13. The summed E-state index contributed by atoms with van der Waals surface area (Å²) >= 11 is 0. The summed E-state index contributed by atoms with van der Waals surface area (Å²) in [7, 11) is 0.965. The molecule has 0 saturated carbocycles. The fourth-order valence-corrected chi connectivity index (χ4v) is 5.32. The second-order valence-corrected chi connectivity index (χ2v) is 11.5. The van der Waals surface area contributed by atoms with Crippen molar-refractivity contribution in [1.82, 2.24) is 9.62 Å². The number of amides is 1. The molecule has 7 nitrogen and oxygen atoms in total. The van der Waals surface area contributed by atoms with Gasteiger partial charge in [0.15, 0.2) is 0 Å². The van der Waals surface area contributed by atoms with Gasteiger partial charge in [0.1, 0.15) is 5.75 Å². The molecule has 2 aromatic carbocycles. The van der Waals surface area contributed by atoms with Gasteiger partial charge >= 0.3 is 0 Å². The van der Waals surface area contributed by atoms with Crippen LogP contribution in [0, 0.1) is 5.92 Å². The van der Waals surface area contributed by atoms with E-state index >= 15 is 0 Å². The first-order chi connectivity index (χ1) is 16.1. The van der Waals surface area contributed by atoms with Crippen LogP contribution in [0.4, 0.5) is 5.69 Å². The van der Waals surface area contributed by atoms with Gasteiger partial charge in [-0.1, -0.05) is 19.1 Å². The SMILES string of the molecule is COc1ccc(S(=O)(=O)N(C)C)cc1CCC(=O)NC(C)c1ccc(N2CCCC(C)C2)cc1. The normalized spacial score (nSPS) is 17.5. The number of nitrogens with zero attached hydrogens (tertiary/aromatic N) is 2. The number of anilines is 1. The number of rotatable bonds is 9. The Morgan fingerprint density at radius 1 is 1.21 bits per heavy atom. The molecule has 1 saturated heterocycles. The van der Waals surface area contributed by atoms with E-state index in [1.807, 2.05) is 6.92 Å². The minimum atomic E-state index is -3.56. The fourth-order valence-electron chi connectivity index (χ4n) is 4.36. The van der Waals surface area contributed by atoms with E-state index in [1.165, 1.54) is 50.1 Å². The van der Waals surface area contributed by atoms with Crippen molar-refractivity contribution in [3.05, 3.63) is 53.6 Å². The predicted molar refractivity (Wildman–Crippen MR) is 136 cm³/mol. The highest BCUT2D eigenvalue weighted by Crippen LogP contribution is 2.26.